The average Bonchev–Trinajstić information content (AvgIpc) is 2.76. The molecule has 1 N–H and O–H groups in total. The fraction of sp³-hybridized carbons (Fsp3) is 0.312. The molecule has 3 amide bonds. The van der Waals surface area contributed by atoms with Crippen LogP contribution in [0.2, 0.25) is 0 Å². The van der Waals surface area contributed by atoms with E-state index in [0.717, 1.165) is 16.2 Å². The molecule has 7 heteroatoms. The summed E-state index contributed by atoms with van der Waals surface area (Å²) in [6, 6.07) is 6.45. The largest absolute Gasteiger partial charge is 0.491 e. The Balaban J connectivity index is 2.12. The summed E-state index contributed by atoms with van der Waals surface area (Å²) in [6.45, 7) is 3.44. The number of rotatable bonds is 5. The molecule has 122 valence electrons. The van der Waals surface area contributed by atoms with Gasteiger partial charge in [-0.1, -0.05) is 12.1 Å². The molecule has 7 nitrogen and oxygen atoms in total. The number of amides is 3. The molecule has 1 aromatic rings. The Morgan fingerprint density at radius 1 is 1.26 bits per heavy atom. The Labute approximate surface area is 133 Å². The molecule has 1 aliphatic rings. The summed E-state index contributed by atoms with van der Waals surface area (Å²) in [7, 11) is 1.19. The van der Waals surface area contributed by atoms with E-state index in [1.54, 1.807) is 24.3 Å². The Kier molecular flexibility index (Phi) is 5.00. The van der Waals surface area contributed by atoms with Crippen LogP contribution in [0.3, 0.4) is 0 Å². The van der Waals surface area contributed by atoms with Crippen molar-refractivity contribution in [3.63, 3.8) is 0 Å². The molecule has 0 bridgehead atoms. The van der Waals surface area contributed by atoms with E-state index in [1.165, 1.54) is 13.2 Å². The third-order valence-electron chi connectivity index (χ3n) is 3.04. The zero-order chi connectivity index (χ0) is 17.0. The number of methoxy groups -OCH3 is 1. The summed E-state index contributed by atoms with van der Waals surface area (Å²) in [5, 5.41) is 2.44. The van der Waals surface area contributed by atoms with Crippen LogP contribution in [0.4, 0.5) is 4.79 Å². The third kappa shape index (κ3) is 4.09. The normalized spacial score (nSPS) is 16.0. The van der Waals surface area contributed by atoms with Gasteiger partial charge in [0.2, 0.25) is 0 Å². The number of benzene rings is 1. The molecule has 1 aromatic carbocycles. The third-order valence-corrected chi connectivity index (χ3v) is 3.04. The minimum absolute atomic E-state index is 0.0711. The van der Waals surface area contributed by atoms with Gasteiger partial charge in [0, 0.05) is 0 Å². The van der Waals surface area contributed by atoms with Crippen LogP contribution in [0.25, 0.3) is 6.08 Å². The van der Waals surface area contributed by atoms with Gasteiger partial charge in [-0.2, -0.15) is 0 Å². The first-order valence-corrected chi connectivity index (χ1v) is 7.08. The quantitative estimate of drug-likeness (QED) is 0.506. The van der Waals surface area contributed by atoms with Crippen LogP contribution in [0, 0.1) is 0 Å². The smallest absolute Gasteiger partial charge is 0.329 e. The van der Waals surface area contributed by atoms with Gasteiger partial charge in [0.15, 0.2) is 0 Å². The molecular formula is C16H18N2O5. The molecule has 0 aromatic heterocycles. The minimum atomic E-state index is -0.662. The van der Waals surface area contributed by atoms with E-state index < -0.39 is 24.5 Å². The minimum Gasteiger partial charge on any atom is -0.491 e. The molecule has 0 spiro atoms. The van der Waals surface area contributed by atoms with Crippen LogP contribution in [0.5, 0.6) is 5.75 Å². The Bertz CT molecular complexity index is 649. The monoisotopic (exact) mass is 318 g/mol. The number of nitrogens with one attached hydrogen (secondary N) is 1. The lowest BCUT2D eigenvalue weighted by molar-refractivity contribution is -0.143. The summed E-state index contributed by atoms with van der Waals surface area (Å²) < 4.78 is 9.99. The second-order valence-electron chi connectivity index (χ2n) is 5.19. The van der Waals surface area contributed by atoms with E-state index >= 15 is 0 Å². The molecular weight excluding hydrogens is 300 g/mol. The van der Waals surface area contributed by atoms with Crippen molar-refractivity contribution >= 4 is 24.0 Å². The number of carbonyl (C=O) groups is 3. The van der Waals surface area contributed by atoms with Crippen LogP contribution in [-0.4, -0.2) is 42.6 Å². The summed E-state index contributed by atoms with van der Waals surface area (Å²) in [5.41, 5.74) is 0.834. The first-order chi connectivity index (χ1) is 10.9. The maximum atomic E-state index is 12.1. The Hall–Kier alpha value is -2.83. The fourth-order valence-corrected chi connectivity index (χ4v) is 1.99. The highest BCUT2D eigenvalue weighted by Crippen LogP contribution is 2.18. The van der Waals surface area contributed by atoms with E-state index in [1.807, 2.05) is 13.8 Å². The summed E-state index contributed by atoms with van der Waals surface area (Å²) in [6.07, 6.45) is 1.61. The van der Waals surface area contributed by atoms with Crippen molar-refractivity contribution in [2.45, 2.75) is 20.0 Å². The van der Waals surface area contributed by atoms with E-state index in [-0.39, 0.29) is 11.8 Å². The number of hydrogen-bond acceptors (Lipinski definition) is 5. The first-order valence-electron chi connectivity index (χ1n) is 7.08. The van der Waals surface area contributed by atoms with Crippen molar-refractivity contribution < 1.29 is 23.9 Å². The van der Waals surface area contributed by atoms with Gasteiger partial charge >= 0.3 is 12.0 Å². The number of nitrogens with zero attached hydrogens (tertiary/aromatic N) is 1. The van der Waals surface area contributed by atoms with E-state index in [4.69, 9.17) is 4.74 Å². The molecule has 23 heavy (non-hydrogen) atoms. The second kappa shape index (κ2) is 6.95. The lowest BCUT2D eigenvalue weighted by Crippen LogP contribution is -2.36. The Morgan fingerprint density at radius 3 is 2.48 bits per heavy atom. The molecule has 1 saturated heterocycles. The predicted molar refractivity (Wildman–Crippen MR) is 82.4 cm³/mol. The van der Waals surface area contributed by atoms with Crippen LogP contribution >= 0.6 is 0 Å². The molecule has 1 fully saturated rings. The van der Waals surface area contributed by atoms with Gasteiger partial charge < -0.3 is 14.8 Å². The van der Waals surface area contributed by atoms with E-state index in [9.17, 15) is 14.4 Å². The van der Waals surface area contributed by atoms with Crippen molar-refractivity contribution in [2.75, 3.05) is 13.7 Å². The number of carbonyl (C=O) groups excluding carboxylic acids is 3. The number of ether oxygens (including phenoxy) is 2. The molecule has 0 radical (unpaired) electrons. The number of imide groups is 1. The van der Waals surface area contributed by atoms with Gasteiger partial charge in [-0.15, -0.1) is 0 Å². The molecule has 1 heterocycles. The van der Waals surface area contributed by atoms with Crippen molar-refractivity contribution in [3.05, 3.63) is 35.5 Å². The van der Waals surface area contributed by atoms with Gasteiger partial charge in [0.25, 0.3) is 5.91 Å². The van der Waals surface area contributed by atoms with Crippen LogP contribution < -0.4 is 10.1 Å². The molecule has 0 unspecified atom stereocenters. The Morgan fingerprint density at radius 2 is 1.91 bits per heavy atom. The summed E-state index contributed by atoms with van der Waals surface area (Å²) in [5.74, 6) is -0.510. The maximum Gasteiger partial charge on any atom is 0.329 e. The fourth-order valence-electron chi connectivity index (χ4n) is 1.99. The lowest BCUT2D eigenvalue weighted by Gasteiger charge is -2.09. The molecule has 0 aliphatic carbocycles. The zero-order valence-electron chi connectivity index (χ0n) is 13.2. The van der Waals surface area contributed by atoms with Crippen molar-refractivity contribution in [2.24, 2.45) is 0 Å². The standard InChI is InChI=1S/C16H18N2O5/c1-10(2)23-12-6-4-11(5-7-12)8-13-15(20)18(16(21)17-13)9-14(19)22-3/h4-8,10H,9H2,1-3H3,(H,17,21). The lowest BCUT2D eigenvalue weighted by atomic mass is 10.2. The summed E-state index contributed by atoms with van der Waals surface area (Å²) in [4.78, 5) is 35.9. The molecule has 2 rings (SSSR count). The highest BCUT2D eigenvalue weighted by molar-refractivity contribution is 6.15. The van der Waals surface area contributed by atoms with Crippen molar-refractivity contribution in [3.8, 4) is 5.75 Å². The van der Waals surface area contributed by atoms with Crippen LogP contribution in [0.1, 0.15) is 19.4 Å². The average molecular weight is 318 g/mol. The van der Waals surface area contributed by atoms with Crippen LogP contribution in [-0.2, 0) is 14.3 Å². The van der Waals surface area contributed by atoms with Gasteiger partial charge in [-0.3, -0.25) is 9.59 Å². The van der Waals surface area contributed by atoms with Gasteiger partial charge in [0.1, 0.15) is 18.0 Å². The predicted octanol–water partition coefficient (Wildman–Crippen LogP) is 1.54. The van der Waals surface area contributed by atoms with Crippen LogP contribution in [0.15, 0.2) is 30.0 Å². The first kappa shape index (κ1) is 16.5. The number of esters is 1. The molecule has 0 saturated carbocycles. The zero-order valence-corrected chi connectivity index (χ0v) is 13.2. The van der Waals surface area contributed by atoms with Crippen molar-refractivity contribution in [1.29, 1.82) is 0 Å². The van der Waals surface area contributed by atoms with E-state index in [0.29, 0.717) is 0 Å². The van der Waals surface area contributed by atoms with E-state index in [2.05, 4.69) is 10.1 Å². The number of hydrogen-bond donors (Lipinski definition) is 1. The maximum absolute atomic E-state index is 12.1. The topological polar surface area (TPSA) is 84.9 Å². The van der Waals surface area contributed by atoms with Gasteiger partial charge in [-0.05, 0) is 37.6 Å². The van der Waals surface area contributed by atoms with Gasteiger partial charge in [0.05, 0.1) is 13.2 Å². The second-order valence-corrected chi connectivity index (χ2v) is 5.19. The van der Waals surface area contributed by atoms with Gasteiger partial charge in [-0.25, -0.2) is 9.69 Å². The van der Waals surface area contributed by atoms with Crippen molar-refractivity contribution in [1.82, 2.24) is 10.2 Å². The number of urea groups is 1. The highest BCUT2D eigenvalue weighted by atomic mass is 16.5. The molecule has 0 atom stereocenters. The SMILES string of the molecule is COC(=O)CN1C(=O)NC(=Cc2ccc(OC(C)C)cc2)C1=O. The molecule has 1 aliphatic heterocycles. The summed E-state index contributed by atoms with van der Waals surface area (Å²) >= 11 is 0. The highest BCUT2D eigenvalue weighted by Gasteiger charge is 2.35.